The van der Waals surface area contributed by atoms with Gasteiger partial charge in [-0.25, -0.2) is 18.5 Å². The number of primary sulfonamides is 1. The molecule has 0 spiro atoms. The number of carbonyl (C=O) groups is 1. The predicted molar refractivity (Wildman–Crippen MR) is 126 cm³/mol. The highest BCUT2D eigenvalue weighted by Crippen LogP contribution is 2.31. The molecule has 1 aliphatic heterocycles. The molecule has 9 nitrogen and oxygen atoms in total. The van der Waals surface area contributed by atoms with Crippen LogP contribution in [0.5, 0.6) is 11.5 Å². The molecule has 0 fully saturated rings. The van der Waals surface area contributed by atoms with Gasteiger partial charge in [-0.1, -0.05) is 30.8 Å². The number of aromatic nitrogens is 2. The van der Waals surface area contributed by atoms with Crippen LogP contribution < -0.4 is 14.6 Å². The number of sulfonamides is 1. The van der Waals surface area contributed by atoms with Crippen LogP contribution in [0.2, 0.25) is 0 Å². The largest absolute Gasteiger partial charge is 0.486 e. The van der Waals surface area contributed by atoms with Gasteiger partial charge in [0.2, 0.25) is 15.9 Å². The highest BCUT2D eigenvalue weighted by molar-refractivity contribution is 7.99. The molecular weight excluding hydrogens is 464 g/mol. The van der Waals surface area contributed by atoms with Crippen LogP contribution in [-0.2, 0) is 21.4 Å². The third-order valence-corrected chi connectivity index (χ3v) is 7.13. The second kappa shape index (κ2) is 9.62. The zero-order chi connectivity index (χ0) is 23.6. The molecule has 1 atom stereocenters. The maximum atomic E-state index is 12.8. The quantitative estimate of drug-likeness (QED) is 0.482. The van der Waals surface area contributed by atoms with E-state index in [0.717, 1.165) is 11.9 Å². The van der Waals surface area contributed by atoms with Crippen molar-refractivity contribution >= 4 is 38.7 Å². The molecule has 4 rings (SSSR count). The van der Waals surface area contributed by atoms with Crippen LogP contribution in [0.25, 0.3) is 11.0 Å². The normalized spacial score (nSPS) is 15.5. The molecule has 176 valence electrons. The van der Waals surface area contributed by atoms with E-state index in [1.807, 2.05) is 35.8 Å². The third kappa shape index (κ3) is 5.26. The SMILES string of the molecule is CCCn1c(SCC(=O)N(C)CC2COc3ccccc3O2)nc2cc(S(N)(=O)=O)ccc21. The standard InChI is InChI=1S/C22H26N4O5S2/c1-3-10-26-18-9-8-16(33(23,28)29)11-17(18)24-22(26)32-14-21(27)25(2)12-15-13-30-19-6-4-5-7-20(19)31-15/h4-9,11,15H,3,10,12-14H2,1-2H3,(H2,23,28,29). The number of rotatable bonds is 8. The number of thioether (sulfide) groups is 1. The summed E-state index contributed by atoms with van der Waals surface area (Å²) < 4.78 is 37.0. The number of nitrogens with two attached hydrogens (primary N) is 1. The van der Waals surface area contributed by atoms with Crippen molar-refractivity contribution in [2.75, 3.05) is 26.0 Å². The number of fused-ring (bicyclic) bond motifs is 2. The Morgan fingerprint density at radius 2 is 2.03 bits per heavy atom. The number of ether oxygens (including phenoxy) is 2. The Bertz CT molecular complexity index is 1280. The Kier molecular flexibility index (Phi) is 6.82. The average molecular weight is 491 g/mol. The number of carbonyl (C=O) groups excluding carboxylic acids is 1. The van der Waals surface area contributed by atoms with Crippen LogP contribution in [0.4, 0.5) is 0 Å². The molecule has 0 bridgehead atoms. The van der Waals surface area contributed by atoms with Crippen molar-refractivity contribution in [1.82, 2.24) is 14.5 Å². The van der Waals surface area contributed by atoms with Crippen molar-refractivity contribution < 1.29 is 22.7 Å². The van der Waals surface area contributed by atoms with E-state index in [2.05, 4.69) is 4.98 Å². The molecule has 1 aliphatic rings. The summed E-state index contributed by atoms with van der Waals surface area (Å²) in [4.78, 5) is 19.0. The Morgan fingerprint density at radius 3 is 2.76 bits per heavy atom. The summed E-state index contributed by atoms with van der Waals surface area (Å²) in [5.41, 5.74) is 1.34. The first-order chi connectivity index (χ1) is 15.8. The maximum Gasteiger partial charge on any atom is 0.238 e. The summed E-state index contributed by atoms with van der Waals surface area (Å²) in [5, 5.41) is 5.91. The van der Waals surface area contributed by atoms with Crippen LogP contribution >= 0.6 is 11.8 Å². The first kappa shape index (κ1) is 23.4. The van der Waals surface area contributed by atoms with E-state index in [1.165, 1.54) is 23.9 Å². The van der Waals surface area contributed by atoms with Gasteiger partial charge in [0.15, 0.2) is 22.8 Å². The summed E-state index contributed by atoms with van der Waals surface area (Å²) in [7, 11) is -2.08. The smallest absolute Gasteiger partial charge is 0.238 e. The monoisotopic (exact) mass is 490 g/mol. The molecule has 0 saturated carbocycles. The number of imidazole rings is 1. The fourth-order valence-corrected chi connectivity index (χ4v) is 5.13. The van der Waals surface area contributed by atoms with E-state index in [9.17, 15) is 13.2 Å². The van der Waals surface area contributed by atoms with Crippen LogP contribution in [-0.4, -0.2) is 60.8 Å². The van der Waals surface area contributed by atoms with E-state index >= 15 is 0 Å². The van der Waals surface area contributed by atoms with E-state index < -0.39 is 10.0 Å². The van der Waals surface area contributed by atoms with E-state index in [4.69, 9.17) is 14.6 Å². The lowest BCUT2D eigenvalue weighted by molar-refractivity contribution is -0.128. The van der Waals surface area contributed by atoms with Gasteiger partial charge in [-0.05, 0) is 36.8 Å². The molecule has 1 aromatic heterocycles. The second-order valence-electron chi connectivity index (χ2n) is 7.80. The molecule has 1 unspecified atom stereocenters. The number of nitrogens with zero attached hydrogens (tertiary/aromatic N) is 3. The van der Waals surface area contributed by atoms with Crippen molar-refractivity contribution in [3.63, 3.8) is 0 Å². The number of para-hydroxylation sites is 2. The Balaban J connectivity index is 1.42. The summed E-state index contributed by atoms with van der Waals surface area (Å²) in [6.07, 6.45) is 0.616. The topological polar surface area (TPSA) is 117 Å². The minimum Gasteiger partial charge on any atom is -0.486 e. The van der Waals surface area contributed by atoms with Gasteiger partial charge in [-0.3, -0.25) is 4.79 Å². The predicted octanol–water partition coefficient (Wildman–Crippen LogP) is 2.48. The van der Waals surface area contributed by atoms with Crippen LogP contribution in [0, 0.1) is 0 Å². The van der Waals surface area contributed by atoms with Gasteiger partial charge in [0.25, 0.3) is 0 Å². The number of likely N-dealkylation sites (N-methyl/N-ethyl adjacent to an activating group) is 1. The minimum absolute atomic E-state index is 0.0137. The molecule has 3 aromatic rings. The van der Waals surface area contributed by atoms with Crippen molar-refractivity contribution in [1.29, 1.82) is 0 Å². The van der Waals surface area contributed by atoms with E-state index in [0.29, 0.717) is 41.9 Å². The lowest BCUT2D eigenvalue weighted by Crippen LogP contribution is -2.42. The Labute approximate surface area is 196 Å². The average Bonchev–Trinajstić information content (AvgIpc) is 3.13. The van der Waals surface area contributed by atoms with Crippen LogP contribution in [0.1, 0.15) is 13.3 Å². The molecule has 33 heavy (non-hydrogen) atoms. The van der Waals surface area contributed by atoms with Gasteiger partial charge in [0.1, 0.15) is 6.61 Å². The number of benzene rings is 2. The van der Waals surface area contributed by atoms with Crippen LogP contribution in [0.15, 0.2) is 52.5 Å². The molecule has 2 N–H and O–H groups in total. The summed E-state index contributed by atoms with van der Waals surface area (Å²) in [6, 6.07) is 12.1. The molecule has 0 saturated heterocycles. The third-order valence-electron chi connectivity index (χ3n) is 5.26. The molecule has 2 heterocycles. The zero-order valence-electron chi connectivity index (χ0n) is 18.4. The summed E-state index contributed by atoms with van der Waals surface area (Å²) >= 11 is 1.32. The summed E-state index contributed by atoms with van der Waals surface area (Å²) in [5.74, 6) is 1.51. The zero-order valence-corrected chi connectivity index (χ0v) is 20.1. The molecule has 0 radical (unpaired) electrons. The van der Waals surface area contributed by atoms with Crippen molar-refractivity contribution in [2.24, 2.45) is 5.14 Å². The van der Waals surface area contributed by atoms with Gasteiger partial charge in [-0.15, -0.1) is 0 Å². The highest BCUT2D eigenvalue weighted by Gasteiger charge is 2.24. The van der Waals surface area contributed by atoms with Gasteiger partial charge >= 0.3 is 0 Å². The maximum absolute atomic E-state index is 12.8. The van der Waals surface area contributed by atoms with Crippen molar-refractivity contribution in [3.05, 3.63) is 42.5 Å². The molecule has 2 aromatic carbocycles. The second-order valence-corrected chi connectivity index (χ2v) is 10.3. The summed E-state index contributed by atoms with van der Waals surface area (Å²) in [6.45, 7) is 3.52. The lowest BCUT2D eigenvalue weighted by Gasteiger charge is -2.29. The molecule has 0 aliphatic carbocycles. The van der Waals surface area contributed by atoms with Crippen molar-refractivity contribution in [2.45, 2.75) is 36.0 Å². The van der Waals surface area contributed by atoms with Crippen LogP contribution in [0.3, 0.4) is 0 Å². The number of hydrogen-bond donors (Lipinski definition) is 1. The lowest BCUT2D eigenvalue weighted by atomic mass is 10.2. The highest BCUT2D eigenvalue weighted by atomic mass is 32.2. The molecule has 11 heteroatoms. The van der Waals surface area contributed by atoms with E-state index in [1.54, 1.807) is 18.0 Å². The first-order valence-electron chi connectivity index (χ1n) is 10.5. The number of hydrogen-bond acceptors (Lipinski definition) is 7. The van der Waals surface area contributed by atoms with Gasteiger partial charge in [0, 0.05) is 13.6 Å². The Hall–Kier alpha value is -2.76. The van der Waals surface area contributed by atoms with Gasteiger partial charge in [0.05, 0.1) is 28.2 Å². The van der Waals surface area contributed by atoms with Gasteiger partial charge in [-0.2, -0.15) is 0 Å². The number of aryl methyl sites for hydroxylation is 1. The molecular formula is C22H26N4O5S2. The number of amides is 1. The Morgan fingerprint density at radius 1 is 1.27 bits per heavy atom. The molecule has 1 amide bonds. The first-order valence-corrected chi connectivity index (χ1v) is 13.1. The van der Waals surface area contributed by atoms with Crippen molar-refractivity contribution in [3.8, 4) is 11.5 Å². The fraction of sp³-hybridized carbons (Fsp3) is 0.364. The fourth-order valence-electron chi connectivity index (χ4n) is 3.61. The van der Waals surface area contributed by atoms with Gasteiger partial charge < -0.3 is 18.9 Å². The minimum atomic E-state index is -3.82. The van der Waals surface area contributed by atoms with E-state index in [-0.39, 0.29) is 22.7 Å².